The predicted molar refractivity (Wildman–Crippen MR) is 38.9 cm³/mol. The van der Waals surface area contributed by atoms with Crippen molar-refractivity contribution in [2.75, 3.05) is 0 Å². The Kier molecular flexibility index (Phi) is 1.62. The topological polar surface area (TPSA) is 28.7 Å². The fraction of sp³-hybridized carbons (Fsp3) is 0.333. The van der Waals surface area contributed by atoms with E-state index in [1.807, 2.05) is 19.9 Å². The van der Waals surface area contributed by atoms with Crippen LogP contribution in [0.15, 0.2) is 6.07 Å². The van der Waals surface area contributed by atoms with Gasteiger partial charge in [0, 0.05) is 11.4 Å². The second-order valence-corrected chi connectivity index (χ2v) is 2.40. The molecule has 0 aliphatic rings. The maximum atomic E-state index is 4.82. The fourth-order valence-electron chi connectivity index (χ4n) is 0.738. The number of aryl methyl sites for hydroxylation is 2. The monoisotopic (exact) mass is 140 g/mol. The summed E-state index contributed by atoms with van der Waals surface area (Å²) in [5.41, 5.74) is 2.03. The van der Waals surface area contributed by atoms with Gasteiger partial charge in [-0.1, -0.05) is 0 Å². The molecule has 0 aliphatic carbocycles. The molecule has 0 atom stereocenters. The summed E-state index contributed by atoms with van der Waals surface area (Å²) in [6, 6.07) is 1.95. The van der Waals surface area contributed by atoms with E-state index in [-0.39, 0.29) is 0 Å². The van der Waals surface area contributed by atoms with E-state index < -0.39 is 0 Å². The lowest BCUT2D eigenvalue weighted by molar-refractivity contribution is 1.03. The Morgan fingerprint density at radius 2 is 2.22 bits per heavy atom. The zero-order chi connectivity index (χ0) is 6.85. The van der Waals surface area contributed by atoms with E-state index in [0.717, 1.165) is 11.4 Å². The van der Waals surface area contributed by atoms with E-state index in [9.17, 15) is 0 Å². The Morgan fingerprint density at radius 3 is 2.67 bits per heavy atom. The van der Waals surface area contributed by atoms with Gasteiger partial charge >= 0.3 is 0 Å². The number of hydrogen-bond acceptors (Lipinski definition) is 2. The second kappa shape index (κ2) is 2.27. The molecule has 9 heavy (non-hydrogen) atoms. The van der Waals surface area contributed by atoms with Crippen molar-refractivity contribution < 1.29 is 0 Å². The molecule has 0 spiro atoms. The molecule has 1 aromatic rings. The smallest absolute Gasteiger partial charge is 0.197 e. The van der Waals surface area contributed by atoms with Gasteiger partial charge in [0.25, 0.3) is 0 Å². The summed E-state index contributed by atoms with van der Waals surface area (Å²) in [5, 5.41) is 0. The first-order chi connectivity index (χ1) is 4.18. The molecule has 0 amide bonds. The minimum Gasteiger partial charge on any atom is -0.335 e. The van der Waals surface area contributed by atoms with Crippen molar-refractivity contribution in [2.45, 2.75) is 13.8 Å². The molecule has 2 nitrogen and oxygen atoms in total. The third-order valence-corrected chi connectivity index (χ3v) is 1.20. The molecular weight excluding hydrogens is 132 g/mol. The summed E-state index contributed by atoms with van der Waals surface area (Å²) >= 11 is 4.82. The minimum atomic E-state index is 0.563. The molecule has 1 heterocycles. The van der Waals surface area contributed by atoms with Gasteiger partial charge in [0.15, 0.2) is 4.77 Å². The Morgan fingerprint density at radius 1 is 1.56 bits per heavy atom. The highest BCUT2D eigenvalue weighted by Crippen LogP contribution is 1.93. The number of hydrogen-bond donors (Lipinski definition) is 1. The molecule has 3 heteroatoms. The van der Waals surface area contributed by atoms with Crippen molar-refractivity contribution in [3.8, 4) is 0 Å². The molecule has 0 aliphatic heterocycles. The molecule has 0 saturated heterocycles. The highest BCUT2D eigenvalue weighted by atomic mass is 32.1. The Balaban J connectivity index is 3.33. The van der Waals surface area contributed by atoms with Gasteiger partial charge in [0.2, 0.25) is 0 Å². The molecule has 0 bridgehead atoms. The lowest BCUT2D eigenvalue weighted by atomic mass is 10.4. The normalized spacial score (nSPS) is 9.56. The van der Waals surface area contributed by atoms with Gasteiger partial charge in [-0.2, -0.15) is 0 Å². The van der Waals surface area contributed by atoms with E-state index in [1.165, 1.54) is 0 Å². The number of H-pyrrole nitrogens is 1. The zero-order valence-corrected chi connectivity index (χ0v) is 6.25. The van der Waals surface area contributed by atoms with Crippen molar-refractivity contribution >= 4 is 12.2 Å². The summed E-state index contributed by atoms with van der Waals surface area (Å²) in [7, 11) is 0. The molecule has 1 aromatic heterocycles. The van der Waals surface area contributed by atoms with E-state index in [2.05, 4.69) is 9.97 Å². The summed E-state index contributed by atoms with van der Waals surface area (Å²) in [6.07, 6.45) is 0. The number of nitrogens with zero attached hydrogens (tertiary/aromatic N) is 1. The van der Waals surface area contributed by atoms with Gasteiger partial charge in [-0.25, -0.2) is 4.98 Å². The molecule has 48 valence electrons. The number of rotatable bonds is 0. The standard InChI is InChI=1S/C6H8N2S/c1-4-3-5(2)8-6(9)7-4/h3H,1-2H3,(H,7,8,9). The first-order valence-corrected chi connectivity index (χ1v) is 3.14. The van der Waals surface area contributed by atoms with Crippen molar-refractivity contribution in [3.05, 3.63) is 22.2 Å². The quantitative estimate of drug-likeness (QED) is 0.556. The highest BCUT2D eigenvalue weighted by Gasteiger charge is 1.85. The number of aromatic nitrogens is 2. The molecule has 0 radical (unpaired) electrons. The number of nitrogens with one attached hydrogen (secondary N) is 1. The van der Waals surface area contributed by atoms with Crippen molar-refractivity contribution in [2.24, 2.45) is 0 Å². The first-order valence-electron chi connectivity index (χ1n) is 2.73. The summed E-state index contributed by atoms with van der Waals surface area (Å²) in [4.78, 5) is 6.91. The van der Waals surface area contributed by atoms with Gasteiger partial charge in [-0.05, 0) is 32.1 Å². The first kappa shape index (κ1) is 6.42. The maximum absolute atomic E-state index is 4.82. The third-order valence-electron chi connectivity index (χ3n) is 1.01. The minimum absolute atomic E-state index is 0.563. The van der Waals surface area contributed by atoms with Crippen molar-refractivity contribution in [1.29, 1.82) is 0 Å². The van der Waals surface area contributed by atoms with E-state index in [0.29, 0.717) is 4.77 Å². The van der Waals surface area contributed by atoms with Gasteiger partial charge < -0.3 is 4.98 Å². The molecule has 0 fully saturated rings. The third kappa shape index (κ3) is 1.61. The van der Waals surface area contributed by atoms with Crippen molar-refractivity contribution in [1.82, 2.24) is 9.97 Å². The molecule has 1 N–H and O–H groups in total. The largest absolute Gasteiger partial charge is 0.335 e. The van der Waals surface area contributed by atoms with Gasteiger partial charge in [-0.15, -0.1) is 0 Å². The predicted octanol–water partition coefficient (Wildman–Crippen LogP) is 1.76. The Hall–Kier alpha value is -0.700. The molecule has 1 rings (SSSR count). The van der Waals surface area contributed by atoms with Crippen LogP contribution in [-0.4, -0.2) is 9.97 Å². The van der Waals surface area contributed by atoms with Crippen LogP contribution in [0, 0.1) is 18.6 Å². The lowest BCUT2D eigenvalue weighted by Crippen LogP contribution is -1.87. The van der Waals surface area contributed by atoms with Crippen LogP contribution in [0.25, 0.3) is 0 Å². The fourth-order valence-corrected chi connectivity index (χ4v) is 1.04. The van der Waals surface area contributed by atoms with E-state index >= 15 is 0 Å². The Labute approximate surface area is 59.0 Å². The van der Waals surface area contributed by atoms with E-state index in [4.69, 9.17) is 12.2 Å². The average Bonchev–Trinajstić information content (AvgIpc) is 1.59. The summed E-state index contributed by atoms with van der Waals surface area (Å²) in [5.74, 6) is 0. The van der Waals surface area contributed by atoms with E-state index in [1.54, 1.807) is 0 Å². The van der Waals surface area contributed by atoms with Crippen LogP contribution in [-0.2, 0) is 0 Å². The van der Waals surface area contributed by atoms with Crippen LogP contribution in [0.4, 0.5) is 0 Å². The maximum Gasteiger partial charge on any atom is 0.197 e. The Bertz CT molecular complexity index is 241. The van der Waals surface area contributed by atoms with Crippen LogP contribution in [0.5, 0.6) is 0 Å². The van der Waals surface area contributed by atoms with Gasteiger partial charge in [0.05, 0.1) is 0 Å². The van der Waals surface area contributed by atoms with Crippen LogP contribution >= 0.6 is 12.2 Å². The van der Waals surface area contributed by atoms with Gasteiger partial charge in [0.1, 0.15) is 0 Å². The molecule has 0 aromatic carbocycles. The average molecular weight is 140 g/mol. The summed E-state index contributed by atoms with van der Waals surface area (Å²) < 4.78 is 0.563. The molecular formula is C6H8N2S. The SMILES string of the molecule is Cc1cc(C)[nH]c(=S)n1. The highest BCUT2D eigenvalue weighted by molar-refractivity contribution is 7.71. The number of aromatic amines is 1. The zero-order valence-electron chi connectivity index (χ0n) is 5.43. The molecule has 0 unspecified atom stereocenters. The van der Waals surface area contributed by atoms with Gasteiger partial charge in [-0.3, -0.25) is 0 Å². The second-order valence-electron chi connectivity index (χ2n) is 2.01. The lowest BCUT2D eigenvalue weighted by Gasteiger charge is -1.92. The van der Waals surface area contributed by atoms with Crippen molar-refractivity contribution in [3.63, 3.8) is 0 Å². The van der Waals surface area contributed by atoms with Crippen LogP contribution in [0.3, 0.4) is 0 Å². The van der Waals surface area contributed by atoms with Crippen LogP contribution in [0.1, 0.15) is 11.4 Å². The van der Waals surface area contributed by atoms with Crippen LogP contribution < -0.4 is 0 Å². The summed E-state index contributed by atoms with van der Waals surface area (Å²) in [6.45, 7) is 3.89. The van der Waals surface area contributed by atoms with Crippen LogP contribution in [0.2, 0.25) is 0 Å². The molecule has 0 saturated carbocycles.